The Labute approximate surface area is 493 Å². The Morgan fingerprint density at radius 3 is 0.917 bits per heavy atom. The molecule has 5 nitrogen and oxygen atoms in total. The number of hydrogen-bond donors (Lipinski definition) is 0. The fraction of sp³-hybridized carbons (Fsp3) is 1.00. The second-order valence-electron chi connectivity index (χ2n) is 19.4. The summed E-state index contributed by atoms with van der Waals surface area (Å²) in [7, 11) is 1.19. The van der Waals surface area contributed by atoms with Gasteiger partial charge in [-0.3, -0.25) is 0 Å². The van der Waals surface area contributed by atoms with E-state index in [1.807, 2.05) is 28.4 Å². The summed E-state index contributed by atoms with van der Waals surface area (Å²) in [6, 6.07) is 8.42. The molecule has 0 amide bonds. The second kappa shape index (κ2) is 84.5. The molecule has 0 N–H and O–H groups in total. The number of rotatable bonds is 23. The van der Waals surface area contributed by atoms with Gasteiger partial charge in [0.05, 0.1) is 8.07 Å². The van der Waals surface area contributed by atoms with Crippen molar-refractivity contribution in [3.8, 4) is 0 Å². The zero-order valence-electron chi connectivity index (χ0n) is 41.6. The molecule has 0 aromatic rings. The lowest BCUT2D eigenvalue weighted by atomic mass is 10.4. The van der Waals surface area contributed by atoms with Crippen molar-refractivity contribution in [3.63, 3.8) is 0 Å². The summed E-state index contributed by atoms with van der Waals surface area (Å²) >= 11 is 0. The number of ether oxygens (including phenoxy) is 1. The van der Waals surface area contributed by atoms with Crippen LogP contribution in [0, 0.1) is 0 Å². The van der Waals surface area contributed by atoms with E-state index in [1.165, 1.54) is 82.0 Å². The molecular formula is C56H178O5Si11. The van der Waals surface area contributed by atoms with E-state index in [4.69, 9.17) is 22.4 Å². The first-order valence-corrected chi connectivity index (χ1v) is 52.4. The van der Waals surface area contributed by atoms with Gasteiger partial charge in [0.2, 0.25) is 0 Å². The molecule has 1 unspecified atom stereocenters. The molecule has 0 aliphatic carbocycles. The maximum absolute atomic E-state index is 6.02. The highest BCUT2D eigenvalue weighted by Crippen LogP contribution is 2.31. The van der Waals surface area contributed by atoms with Crippen molar-refractivity contribution < 1.29 is 22.4 Å². The summed E-state index contributed by atoms with van der Waals surface area (Å²) in [5.74, 6) is 0. The monoisotopic (exact) mass is 1240 g/mol. The van der Waals surface area contributed by atoms with Crippen LogP contribution in [-0.2, 0) is 22.4 Å². The third-order valence-electron chi connectivity index (χ3n) is 12.4. The minimum Gasteiger partial charge on any atom is -0.424 e. The molecular weight excluding hydrogens is 1060 g/mol. The maximum atomic E-state index is 6.02. The van der Waals surface area contributed by atoms with E-state index in [0.717, 1.165) is 18.9 Å². The lowest BCUT2D eigenvalue weighted by molar-refractivity contribution is 0.198. The van der Waals surface area contributed by atoms with Crippen LogP contribution in [0.3, 0.4) is 0 Å². The van der Waals surface area contributed by atoms with E-state index in [-0.39, 0.29) is 152 Å². The molecule has 1 saturated heterocycles. The molecule has 0 radical (unpaired) electrons. The SMILES string of the molecule is C.C.C.C.C.C.C.C.C.C.C.C.C.C.C.C.C.C.C1CCOC1.CC[SiH2]C[SiH](C[Si](C[Si](C)(CC)CC)(OC)OC)OC.CC[Si](C)(CC)CC.CO[Si](C)(C[SiH](C)C)C[SiH](C)C.C[SiH](C)C[Si](C)(C)C[SiH3]. The van der Waals surface area contributed by atoms with E-state index in [9.17, 15) is 0 Å². The van der Waals surface area contributed by atoms with Crippen LogP contribution < -0.4 is 0 Å². The average molecular weight is 1240 g/mol. The van der Waals surface area contributed by atoms with Crippen molar-refractivity contribution in [1.82, 2.24) is 0 Å². The van der Waals surface area contributed by atoms with E-state index in [2.05, 4.69) is 114 Å². The molecule has 1 rings (SSSR count). The van der Waals surface area contributed by atoms with Gasteiger partial charge < -0.3 is 22.4 Å². The number of hydrogen-bond acceptors (Lipinski definition) is 5. The predicted molar refractivity (Wildman–Crippen MR) is 406 cm³/mol. The average Bonchev–Trinajstić information content (AvgIpc) is 3.73. The van der Waals surface area contributed by atoms with Gasteiger partial charge in [-0.2, -0.15) is 0 Å². The zero-order valence-corrected chi connectivity index (χ0v) is 54.6. The van der Waals surface area contributed by atoms with Gasteiger partial charge in [0.15, 0.2) is 17.4 Å². The molecule has 0 aromatic carbocycles. The summed E-state index contributed by atoms with van der Waals surface area (Å²) in [5.41, 5.74) is 9.98. The van der Waals surface area contributed by atoms with E-state index in [0.29, 0.717) is 0 Å². The van der Waals surface area contributed by atoms with E-state index < -0.39 is 67.7 Å². The fourth-order valence-electron chi connectivity index (χ4n) is 7.19. The van der Waals surface area contributed by atoms with Crippen LogP contribution in [0.4, 0.5) is 0 Å². The summed E-state index contributed by atoms with van der Waals surface area (Å²) in [4.78, 5) is 0. The van der Waals surface area contributed by atoms with Crippen molar-refractivity contribution in [3.05, 3.63) is 0 Å². The van der Waals surface area contributed by atoms with Gasteiger partial charge in [-0.25, -0.2) is 0 Å². The summed E-state index contributed by atoms with van der Waals surface area (Å²) in [6.07, 6.45) is 2.56. The zero-order chi connectivity index (χ0) is 43.1. The Bertz CT molecular complexity index is 792. The maximum Gasteiger partial charge on any atom is 0.334 e. The molecule has 1 aliphatic heterocycles. The quantitative estimate of drug-likeness (QED) is 0.0954. The highest BCUT2D eigenvalue weighted by Gasteiger charge is 2.45. The van der Waals surface area contributed by atoms with Gasteiger partial charge >= 0.3 is 8.56 Å². The highest BCUT2D eigenvalue weighted by molar-refractivity contribution is 6.95. The first-order valence-electron chi connectivity index (χ1n) is 22.8. The summed E-state index contributed by atoms with van der Waals surface area (Å²) < 4.78 is 28.6. The molecule has 0 bridgehead atoms. The standard InChI is InChI=1S/C13H36O3Si4.C8H24OSi3.C7H18Si.C6H20Si3.C4H8O.18CH4/c1-8-17-11-18(14-4)12-20(15-5,16-6)13-19(7,9-2)10-3;1-9-12(6,7-10(2)3)8-11(4)5;1-5-8(4,6-2)7-3;1-8(2)6-9(3,4)5-7;1-2-4-5-3-1;;;;;;;;;;;;;;;;;;/h18H,8-13,17H2,1-7H3;10-11H,7-8H2,1-6H3;5-7H2,1-4H3;8H,5-6H2,1-4,7H3;1-4H2;18*1H4. The second-order valence-corrected chi connectivity index (χ2v) is 65.3. The normalized spacial score (nSPS) is 11.0. The van der Waals surface area contributed by atoms with Crippen molar-refractivity contribution >= 4 is 96.3 Å². The smallest absolute Gasteiger partial charge is 0.334 e. The minimum atomic E-state index is -2.03. The molecule has 1 fully saturated rings. The Balaban J connectivity index is -0.0000000215. The van der Waals surface area contributed by atoms with Crippen LogP contribution in [0.25, 0.3) is 0 Å². The van der Waals surface area contributed by atoms with Gasteiger partial charge in [0.1, 0.15) is 0 Å². The third kappa shape index (κ3) is 83.5. The molecule has 1 atom stereocenters. The Hall–Kier alpha value is 2.19. The summed E-state index contributed by atoms with van der Waals surface area (Å²) in [5, 5.41) is 0. The van der Waals surface area contributed by atoms with Gasteiger partial charge in [-0.15, -0.1) is 0 Å². The van der Waals surface area contributed by atoms with Gasteiger partial charge in [-0.1, -0.05) is 288 Å². The first kappa shape index (κ1) is 146. The van der Waals surface area contributed by atoms with E-state index in [1.54, 1.807) is 11.3 Å². The van der Waals surface area contributed by atoms with Gasteiger partial charge in [0.25, 0.3) is 0 Å². The Morgan fingerprint density at radius 2 is 0.764 bits per heavy atom. The summed E-state index contributed by atoms with van der Waals surface area (Å²) in [6.45, 7) is 43.2. The van der Waals surface area contributed by atoms with Crippen LogP contribution in [0.15, 0.2) is 0 Å². The molecule has 0 spiro atoms. The topological polar surface area (TPSA) is 46.2 Å². The first-order chi connectivity index (χ1) is 25.0. The van der Waals surface area contributed by atoms with Crippen LogP contribution in [0.2, 0.25) is 148 Å². The minimum absolute atomic E-state index is 0. The Morgan fingerprint density at radius 1 is 0.458 bits per heavy atom. The molecule has 476 valence electrons. The van der Waals surface area contributed by atoms with Crippen molar-refractivity contribution in [2.24, 2.45) is 0 Å². The van der Waals surface area contributed by atoms with Crippen molar-refractivity contribution in [1.29, 1.82) is 0 Å². The molecule has 0 aromatic heterocycles. The molecule has 16 heteroatoms. The molecule has 1 aliphatic rings. The van der Waals surface area contributed by atoms with Crippen LogP contribution in [0.1, 0.15) is 188 Å². The largest absolute Gasteiger partial charge is 0.424 e. The molecule has 1 heterocycles. The lowest BCUT2D eigenvalue weighted by Gasteiger charge is -2.37. The lowest BCUT2D eigenvalue weighted by Crippen LogP contribution is -2.51. The third-order valence-corrected chi connectivity index (χ3v) is 67.6. The highest BCUT2D eigenvalue weighted by atomic mass is 28.4. The fourth-order valence-corrected chi connectivity index (χ4v) is 61.3. The van der Waals surface area contributed by atoms with E-state index >= 15 is 0 Å². The van der Waals surface area contributed by atoms with Crippen molar-refractivity contribution in [2.45, 2.75) is 336 Å². The van der Waals surface area contributed by atoms with Crippen LogP contribution in [-0.4, -0.2) is 138 Å². The molecule has 72 heavy (non-hydrogen) atoms. The van der Waals surface area contributed by atoms with Crippen LogP contribution in [0.5, 0.6) is 0 Å². The van der Waals surface area contributed by atoms with Crippen molar-refractivity contribution in [2.75, 3.05) is 41.7 Å². The van der Waals surface area contributed by atoms with Crippen LogP contribution >= 0.6 is 0 Å². The Kier molecular flexibility index (Phi) is 171. The van der Waals surface area contributed by atoms with Gasteiger partial charge in [-0.05, 0) is 52.3 Å². The predicted octanol–water partition coefficient (Wildman–Crippen LogP) is 21.5. The van der Waals surface area contributed by atoms with Gasteiger partial charge in [0, 0.05) is 99.4 Å². The molecule has 0 saturated carbocycles.